The van der Waals surface area contributed by atoms with Crippen molar-refractivity contribution in [3.05, 3.63) is 69.8 Å². The first kappa shape index (κ1) is 13.8. The first-order chi connectivity index (χ1) is 8.91. The molecule has 0 aliphatic heterocycles. The summed E-state index contributed by atoms with van der Waals surface area (Å²) in [6, 6.07) is 4.54. The fourth-order valence-corrected chi connectivity index (χ4v) is 1.83. The lowest BCUT2D eigenvalue weighted by molar-refractivity contribution is 0.208. The van der Waals surface area contributed by atoms with E-state index in [-0.39, 0.29) is 16.7 Å². The molecule has 0 heterocycles. The van der Waals surface area contributed by atoms with Gasteiger partial charge in [0.2, 0.25) is 0 Å². The molecular formula is C13H7ClF4O. The summed E-state index contributed by atoms with van der Waals surface area (Å²) >= 11 is 5.53. The highest BCUT2D eigenvalue weighted by atomic mass is 35.5. The molecule has 1 unspecified atom stereocenters. The molecule has 6 heteroatoms. The molecule has 0 bridgehead atoms. The molecule has 0 spiro atoms. The molecule has 0 aromatic heterocycles. The minimum Gasteiger partial charge on any atom is -0.383 e. The van der Waals surface area contributed by atoms with E-state index in [1.54, 1.807) is 0 Å². The molecule has 2 aromatic rings. The number of aliphatic hydroxyl groups excluding tert-OH is 1. The molecule has 2 aromatic carbocycles. The Morgan fingerprint density at radius 1 is 0.895 bits per heavy atom. The van der Waals surface area contributed by atoms with Crippen molar-refractivity contribution in [2.45, 2.75) is 6.10 Å². The zero-order chi connectivity index (χ0) is 14.2. The van der Waals surface area contributed by atoms with Gasteiger partial charge in [-0.1, -0.05) is 23.7 Å². The molecule has 0 fully saturated rings. The maximum atomic E-state index is 13.7. The van der Waals surface area contributed by atoms with E-state index in [9.17, 15) is 22.7 Å². The van der Waals surface area contributed by atoms with Crippen LogP contribution in [0.5, 0.6) is 0 Å². The zero-order valence-corrected chi connectivity index (χ0v) is 10.1. The van der Waals surface area contributed by atoms with Crippen LogP contribution < -0.4 is 0 Å². The molecule has 1 atom stereocenters. The lowest BCUT2D eigenvalue weighted by Gasteiger charge is -2.14. The Morgan fingerprint density at radius 2 is 1.53 bits per heavy atom. The van der Waals surface area contributed by atoms with Crippen molar-refractivity contribution in [2.24, 2.45) is 0 Å². The predicted octanol–water partition coefficient (Wildman–Crippen LogP) is 3.98. The van der Waals surface area contributed by atoms with E-state index >= 15 is 0 Å². The van der Waals surface area contributed by atoms with Crippen molar-refractivity contribution >= 4 is 11.6 Å². The molecule has 0 aliphatic carbocycles. The van der Waals surface area contributed by atoms with Crippen LogP contribution in [-0.4, -0.2) is 5.11 Å². The molecule has 0 radical (unpaired) electrons. The van der Waals surface area contributed by atoms with Gasteiger partial charge in [0.25, 0.3) is 0 Å². The Labute approximate surface area is 111 Å². The first-order valence-electron chi connectivity index (χ1n) is 5.18. The van der Waals surface area contributed by atoms with Gasteiger partial charge in [-0.15, -0.1) is 0 Å². The van der Waals surface area contributed by atoms with Crippen molar-refractivity contribution in [2.75, 3.05) is 0 Å². The van der Waals surface area contributed by atoms with Gasteiger partial charge < -0.3 is 5.11 Å². The largest absolute Gasteiger partial charge is 0.383 e. The van der Waals surface area contributed by atoms with E-state index in [0.29, 0.717) is 6.07 Å². The summed E-state index contributed by atoms with van der Waals surface area (Å²) in [5.74, 6) is -4.84. The lowest BCUT2D eigenvalue weighted by atomic mass is 10.0. The normalized spacial score (nSPS) is 12.5. The Kier molecular flexibility index (Phi) is 3.78. The molecule has 0 saturated carbocycles. The molecule has 19 heavy (non-hydrogen) atoms. The average molecular weight is 291 g/mol. The van der Waals surface area contributed by atoms with Crippen molar-refractivity contribution in [3.8, 4) is 0 Å². The molecular weight excluding hydrogens is 284 g/mol. The molecule has 0 saturated heterocycles. The van der Waals surface area contributed by atoms with Crippen molar-refractivity contribution < 1.29 is 22.7 Å². The van der Waals surface area contributed by atoms with Crippen LogP contribution in [0.15, 0.2) is 30.3 Å². The topological polar surface area (TPSA) is 20.2 Å². The molecule has 2 rings (SSSR count). The summed E-state index contributed by atoms with van der Waals surface area (Å²) in [5, 5.41) is 9.60. The number of benzene rings is 2. The maximum absolute atomic E-state index is 13.7. The third-order valence-electron chi connectivity index (χ3n) is 2.61. The molecule has 1 nitrogen and oxygen atoms in total. The maximum Gasteiger partial charge on any atom is 0.161 e. The van der Waals surface area contributed by atoms with Gasteiger partial charge in [0, 0.05) is 17.2 Å². The average Bonchev–Trinajstić information content (AvgIpc) is 2.36. The Morgan fingerprint density at radius 3 is 2.21 bits per heavy atom. The molecule has 0 amide bonds. The first-order valence-corrected chi connectivity index (χ1v) is 5.56. The Bertz CT molecular complexity index is 630. The van der Waals surface area contributed by atoms with Crippen LogP contribution >= 0.6 is 11.6 Å². The molecule has 1 N–H and O–H groups in total. The van der Waals surface area contributed by atoms with Gasteiger partial charge in [-0.05, 0) is 12.1 Å². The van der Waals surface area contributed by atoms with Crippen LogP contribution in [0.2, 0.25) is 5.02 Å². The van der Waals surface area contributed by atoms with Gasteiger partial charge in [0.1, 0.15) is 17.7 Å². The highest BCUT2D eigenvalue weighted by molar-refractivity contribution is 6.30. The predicted molar refractivity (Wildman–Crippen MR) is 61.8 cm³/mol. The van der Waals surface area contributed by atoms with Gasteiger partial charge in [0.05, 0.1) is 5.02 Å². The van der Waals surface area contributed by atoms with Crippen molar-refractivity contribution in [1.29, 1.82) is 0 Å². The van der Waals surface area contributed by atoms with Crippen LogP contribution in [0, 0.1) is 23.3 Å². The summed E-state index contributed by atoms with van der Waals surface area (Å²) in [6.07, 6.45) is -1.78. The SMILES string of the molecule is OC(c1cc(F)c(F)cc1F)c1cccc(Cl)c1F. The quantitative estimate of drug-likeness (QED) is 0.655. The monoisotopic (exact) mass is 290 g/mol. The van der Waals surface area contributed by atoms with Crippen LogP contribution in [0.25, 0.3) is 0 Å². The highest BCUT2D eigenvalue weighted by Gasteiger charge is 2.22. The number of aliphatic hydroxyl groups is 1. The summed E-state index contributed by atoms with van der Waals surface area (Å²) in [4.78, 5) is 0. The van der Waals surface area contributed by atoms with Gasteiger partial charge in [0.15, 0.2) is 11.6 Å². The number of halogens is 5. The van der Waals surface area contributed by atoms with Crippen molar-refractivity contribution in [3.63, 3.8) is 0 Å². The Balaban J connectivity index is 2.53. The van der Waals surface area contributed by atoms with E-state index in [0.717, 1.165) is 0 Å². The third-order valence-corrected chi connectivity index (χ3v) is 2.90. The van der Waals surface area contributed by atoms with E-state index in [2.05, 4.69) is 0 Å². The highest BCUT2D eigenvalue weighted by Crippen LogP contribution is 2.30. The summed E-state index contributed by atoms with van der Waals surface area (Å²) in [5.41, 5.74) is -0.891. The van der Waals surface area contributed by atoms with Crippen LogP contribution in [0.4, 0.5) is 17.6 Å². The van der Waals surface area contributed by atoms with E-state index in [4.69, 9.17) is 11.6 Å². The van der Waals surface area contributed by atoms with Crippen LogP contribution in [0.3, 0.4) is 0 Å². The second kappa shape index (κ2) is 5.19. The Hall–Kier alpha value is -1.59. The minimum absolute atomic E-state index is 0.264. The standard InChI is InChI=1S/C13H7ClF4O/c14-8-3-1-2-6(12(8)18)13(19)7-4-10(16)11(17)5-9(7)15/h1-5,13,19H. The second-order valence-electron chi connectivity index (χ2n) is 3.83. The van der Waals surface area contributed by atoms with Gasteiger partial charge in [-0.3, -0.25) is 0 Å². The van der Waals surface area contributed by atoms with Gasteiger partial charge in [-0.25, -0.2) is 17.6 Å². The minimum atomic E-state index is -1.78. The summed E-state index contributed by atoms with van der Waals surface area (Å²) < 4.78 is 53.0. The van der Waals surface area contributed by atoms with Gasteiger partial charge >= 0.3 is 0 Å². The fraction of sp³-hybridized carbons (Fsp3) is 0.0769. The van der Waals surface area contributed by atoms with Crippen LogP contribution in [-0.2, 0) is 0 Å². The van der Waals surface area contributed by atoms with Crippen LogP contribution in [0.1, 0.15) is 17.2 Å². The number of hydrogen-bond acceptors (Lipinski definition) is 1. The van der Waals surface area contributed by atoms with E-state index < -0.39 is 34.9 Å². The third kappa shape index (κ3) is 2.57. The smallest absolute Gasteiger partial charge is 0.161 e. The molecule has 100 valence electrons. The number of hydrogen-bond donors (Lipinski definition) is 1. The summed E-state index contributed by atoms with van der Waals surface area (Å²) in [6.45, 7) is 0. The molecule has 0 aliphatic rings. The fourth-order valence-electron chi connectivity index (χ4n) is 1.65. The number of rotatable bonds is 2. The zero-order valence-electron chi connectivity index (χ0n) is 9.30. The second-order valence-corrected chi connectivity index (χ2v) is 4.24. The summed E-state index contributed by atoms with van der Waals surface area (Å²) in [7, 11) is 0. The van der Waals surface area contributed by atoms with Gasteiger partial charge in [-0.2, -0.15) is 0 Å². The van der Waals surface area contributed by atoms with Crippen molar-refractivity contribution in [1.82, 2.24) is 0 Å². The van der Waals surface area contributed by atoms with E-state index in [1.165, 1.54) is 18.2 Å². The van der Waals surface area contributed by atoms with E-state index in [1.807, 2.05) is 0 Å². The lowest BCUT2D eigenvalue weighted by Crippen LogP contribution is -2.07.